The van der Waals surface area contributed by atoms with Crippen LogP contribution in [-0.2, 0) is 4.74 Å². The lowest BCUT2D eigenvalue weighted by Gasteiger charge is -2.12. The van der Waals surface area contributed by atoms with Gasteiger partial charge in [-0.15, -0.1) is 8.78 Å². The Hall–Kier alpha value is -2.39. The third kappa shape index (κ3) is 2.89. The molecule has 0 radical (unpaired) electrons. The number of anilines is 1. The number of ether oxygens (including phenoxy) is 3. The summed E-state index contributed by atoms with van der Waals surface area (Å²) in [6.07, 6.45) is -3.88. The van der Waals surface area contributed by atoms with E-state index < -0.39 is 45.9 Å². The maximum atomic E-state index is 14.5. The third-order valence-corrected chi connectivity index (χ3v) is 3.93. The number of carbonyl (C=O) groups excluding carboxylic acids is 1. The summed E-state index contributed by atoms with van der Waals surface area (Å²) in [6, 6.07) is 1.98. The fourth-order valence-electron chi connectivity index (χ4n) is 2.12. The molecule has 0 saturated carbocycles. The van der Waals surface area contributed by atoms with Crippen molar-refractivity contribution in [3.63, 3.8) is 0 Å². The minimum Gasteiger partial charge on any atom is -0.464 e. The fourth-order valence-corrected chi connectivity index (χ4v) is 2.57. The van der Waals surface area contributed by atoms with Crippen LogP contribution >= 0.6 is 23.2 Å². The topological polar surface area (TPSA) is 83.7 Å². The molecular weight excluding hydrogens is 388 g/mol. The first-order chi connectivity index (χ1) is 11.6. The summed E-state index contributed by atoms with van der Waals surface area (Å²) in [5.74, 6) is -2.79. The SMILES string of the molecule is COC(=O)c1nc(-c2cc3c(cc2Cl)OC(F)(F)O3)c(F)c(N)c1Cl. The van der Waals surface area contributed by atoms with Gasteiger partial charge in [0.2, 0.25) is 0 Å². The minimum atomic E-state index is -3.88. The molecule has 0 unspecified atom stereocenters. The van der Waals surface area contributed by atoms with Crippen molar-refractivity contribution in [1.82, 2.24) is 4.98 Å². The second-order valence-corrected chi connectivity index (χ2v) is 5.57. The highest BCUT2D eigenvalue weighted by molar-refractivity contribution is 6.36. The van der Waals surface area contributed by atoms with E-state index in [0.29, 0.717) is 0 Å². The first kappa shape index (κ1) is 17.4. The molecular formula is C14H7Cl2F3N2O4. The van der Waals surface area contributed by atoms with Crippen LogP contribution in [-0.4, -0.2) is 24.4 Å². The van der Waals surface area contributed by atoms with E-state index in [1.54, 1.807) is 0 Å². The zero-order valence-corrected chi connectivity index (χ0v) is 13.7. The highest BCUT2D eigenvalue weighted by Gasteiger charge is 2.44. The Bertz CT molecular complexity index is 908. The Morgan fingerprint density at radius 1 is 1.28 bits per heavy atom. The number of esters is 1. The van der Waals surface area contributed by atoms with Crippen LogP contribution in [0.4, 0.5) is 18.9 Å². The highest BCUT2D eigenvalue weighted by atomic mass is 35.5. The summed E-state index contributed by atoms with van der Waals surface area (Å²) in [4.78, 5) is 15.5. The molecule has 1 aromatic carbocycles. The quantitative estimate of drug-likeness (QED) is 0.778. The standard InChI is InChI=1S/C14H7Cl2F3N2O4/c1-23-13(22)12-8(16)10(20)9(17)11(21-12)4-2-6-7(3-5(4)15)25-14(18,19)24-6/h2-3H,1H3,(H2,20,21). The van der Waals surface area contributed by atoms with Crippen molar-refractivity contribution in [3.05, 3.63) is 33.7 Å². The van der Waals surface area contributed by atoms with Gasteiger partial charge in [-0.05, 0) is 6.07 Å². The summed E-state index contributed by atoms with van der Waals surface area (Å²) >= 11 is 11.8. The number of carbonyl (C=O) groups is 1. The van der Waals surface area contributed by atoms with Crippen LogP contribution < -0.4 is 15.2 Å². The van der Waals surface area contributed by atoms with Crippen LogP contribution in [0.1, 0.15) is 10.5 Å². The predicted molar refractivity (Wildman–Crippen MR) is 81.6 cm³/mol. The number of aromatic nitrogens is 1. The summed E-state index contributed by atoms with van der Waals surface area (Å²) in [5.41, 5.74) is 3.86. The Morgan fingerprint density at radius 2 is 1.88 bits per heavy atom. The van der Waals surface area contributed by atoms with Crippen molar-refractivity contribution >= 4 is 34.9 Å². The zero-order valence-electron chi connectivity index (χ0n) is 12.2. The van der Waals surface area contributed by atoms with Crippen molar-refractivity contribution in [1.29, 1.82) is 0 Å². The number of hydrogen-bond acceptors (Lipinski definition) is 6. The van der Waals surface area contributed by atoms with E-state index in [-0.39, 0.29) is 16.3 Å². The van der Waals surface area contributed by atoms with Gasteiger partial charge in [0.1, 0.15) is 5.69 Å². The number of alkyl halides is 2. The van der Waals surface area contributed by atoms with Gasteiger partial charge < -0.3 is 19.9 Å². The molecule has 1 aliphatic heterocycles. The summed E-state index contributed by atoms with van der Waals surface area (Å²) in [7, 11) is 1.06. The second-order valence-electron chi connectivity index (χ2n) is 4.79. The zero-order chi connectivity index (χ0) is 18.5. The molecule has 3 rings (SSSR count). The van der Waals surface area contributed by atoms with Gasteiger partial charge in [0.05, 0.1) is 22.8 Å². The summed E-state index contributed by atoms with van der Waals surface area (Å²) in [5, 5.41) is -0.638. The highest BCUT2D eigenvalue weighted by Crippen LogP contribution is 2.46. The summed E-state index contributed by atoms with van der Waals surface area (Å²) < 4.78 is 53.8. The Kier molecular flexibility index (Phi) is 4.08. The lowest BCUT2D eigenvalue weighted by atomic mass is 10.1. The van der Waals surface area contributed by atoms with Gasteiger partial charge in [-0.3, -0.25) is 0 Å². The Labute approximate surface area is 148 Å². The Morgan fingerprint density at radius 3 is 2.48 bits per heavy atom. The Balaban J connectivity index is 2.21. The molecule has 0 amide bonds. The van der Waals surface area contributed by atoms with Gasteiger partial charge in [-0.25, -0.2) is 14.2 Å². The number of nitrogens with two attached hydrogens (primary N) is 1. The monoisotopic (exact) mass is 394 g/mol. The molecule has 0 spiro atoms. The fraction of sp³-hybridized carbons (Fsp3) is 0.143. The first-order valence-electron chi connectivity index (χ1n) is 6.47. The molecule has 1 aromatic heterocycles. The van der Waals surface area contributed by atoms with Crippen LogP contribution in [0.2, 0.25) is 10.0 Å². The molecule has 1 aliphatic rings. The van der Waals surface area contributed by atoms with Crippen molar-refractivity contribution < 1.29 is 32.2 Å². The van der Waals surface area contributed by atoms with Crippen LogP contribution in [0.3, 0.4) is 0 Å². The van der Waals surface area contributed by atoms with E-state index in [2.05, 4.69) is 19.2 Å². The van der Waals surface area contributed by atoms with E-state index in [1.807, 2.05) is 0 Å². The lowest BCUT2D eigenvalue weighted by Crippen LogP contribution is -2.25. The molecule has 0 saturated heterocycles. The molecule has 6 nitrogen and oxygen atoms in total. The van der Waals surface area contributed by atoms with Crippen molar-refractivity contribution in [2.45, 2.75) is 6.29 Å². The van der Waals surface area contributed by atoms with Crippen LogP contribution in [0.5, 0.6) is 11.5 Å². The number of benzene rings is 1. The molecule has 0 atom stereocenters. The number of fused-ring (bicyclic) bond motifs is 1. The van der Waals surface area contributed by atoms with E-state index in [9.17, 15) is 18.0 Å². The average Bonchev–Trinajstić information content (AvgIpc) is 2.84. The van der Waals surface area contributed by atoms with E-state index >= 15 is 0 Å². The maximum absolute atomic E-state index is 14.5. The molecule has 132 valence electrons. The van der Waals surface area contributed by atoms with Gasteiger partial charge in [0, 0.05) is 11.6 Å². The van der Waals surface area contributed by atoms with Gasteiger partial charge in [-0.2, -0.15) is 0 Å². The largest absolute Gasteiger partial charge is 0.586 e. The van der Waals surface area contributed by atoms with Gasteiger partial charge >= 0.3 is 12.3 Å². The van der Waals surface area contributed by atoms with E-state index in [4.69, 9.17) is 28.9 Å². The normalized spacial score (nSPS) is 14.5. The van der Waals surface area contributed by atoms with Gasteiger partial charge in [0.25, 0.3) is 0 Å². The number of rotatable bonds is 2. The molecule has 0 aliphatic carbocycles. The minimum absolute atomic E-state index is 0.160. The van der Waals surface area contributed by atoms with Crippen LogP contribution in [0.15, 0.2) is 12.1 Å². The van der Waals surface area contributed by atoms with Crippen molar-refractivity contribution in [3.8, 4) is 22.8 Å². The number of nitrogen functional groups attached to an aromatic ring is 1. The van der Waals surface area contributed by atoms with Gasteiger partial charge in [0.15, 0.2) is 23.0 Å². The van der Waals surface area contributed by atoms with E-state index in [0.717, 1.165) is 19.2 Å². The smallest absolute Gasteiger partial charge is 0.464 e. The predicted octanol–water partition coefficient (Wildman–Crippen LogP) is 3.88. The maximum Gasteiger partial charge on any atom is 0.586 e. The molecule has 25 heavy (non-hydrogen) atoms. The number of halogens is 5. The average molecular weight is 395 g/mol. The van der Waals surface area contributed by atoms with Crippen LogP contribution in [0, 0.1) is 5.82 Å². The number of methoxy groups -OCH3 is 1. The molecule has 0 bridgehead atoms. The van der Waals surface area contributed by atoms with E-state index in [1.165, 1.54) is 0 Å². The van der Waals surface area contributed by atoms with Gasteiger partial charge in [-0.1, -0.05) is 23.2 Å². The molecule has 2 heterocycles. The molecule has 11 heteroatoms. The molecule has 0 fully saturated rings. The third-order valence-electron chi connectivity index (χ3n) is 3.24. The number of hydrogen-bond donors (Lipinski definition) is 1. The number of pyridine rings is 1. The number of nitrogens with zero attached hydrogens (tertiary/aromatic N) is 1. The molecule has 2 aromatic rings. The summed E-state index contributed by atoms with van der Waals surface area (Å²) in [6.45, 7) is 0. The van der Waals surface area contributed by atoms with Crippen molar-refractivity contribution in [2.75, 3.05) is 12.8 Å². The second kappa shape index (κ2) is 5.85. The lowest BCUT2D eigenvalue weighted by molar-refractivity contribution is -0.286. The van der Waals surface area contributed by atoms with Crippen molar-refractivity contribution in [2.24, 2.45) is 0 Å². The van der Waals surface area contributed by atoms with Crippen LogP contribution in [0.25, 0.3) is 11.3 Å². The first-order valence-corrected chi connectivity index (χ1v) is 7.22. The molecule has 2 N–H and O–H groups in total.